The number of piperidine rings is 1. The average Bonchev–Trinajstić information content (AvgIpc) is 2.70. The molecule has 2 rings (SSSR count). The van der Waals surface area contributed by atoms with E-state index < -0.39 is 10.2 Å². The first-order valence-electron chi connectivity index (χ1n) is 8.99. The summed E-state index contributed by atoms with van der Waals surface area (Å²) < 4.78 is 43.0. The molecule has 1 aliphatic heterocycles. The molecule has 1 N–H and O–H groups in total. The van der Waals surface area contributed by atoms with Gasteiger partial charge in [0.1, 0.15) is 0 Å². The standard InChI is InChI=1S/C18H29N3O6S/c1-20(2)28(23,24)21-10-8-13(9-11-21)18(22)19-12-14-6-7-15(25-3)17(27-5)16(14)26-4/h6-7,13H,8-12H2,1-5H3,(H,19,22). The van der Waals surface area contributed by atoms with Crippen molar-refractivity contribution in [2.75, 3.05) is 48.5 Å². The van der Waals surface area contributed by atoms with Gasteiger partial charge < -0.3 is 19.5 Å². The number of benzene rings is 1. The van der Waals surface area contributed by atoms with Gasteiger partial charge in [0.2, 0.25) is 11.7 Å². The summed E-state index contributed by atoms with van der Waals surface area (Å²) in [5.41, 5.74) is 0.765. The highest BCUT2D eigenvalue weighted by Crippen LogP contribution is 2.39. The molecule has 0 atom stereocenters. The fourth-order valence-corrected chi connectivity index (χ4v) is 4.34. The molecule has 10 heteroatoms. The van der Waals surface area contributed by atoms with Crippen molar-refractivity contribution in [1.29, 1.82) is 0 Å². The van der Waals surface area contributed by atoms with Crippen LogP contribution < -0.4 is 19.5 Å². The van der Waals surface area contributed by atoms with Gasteiger partial charge in [-0.05, 0) is 25.0 Å². The molecular weight excluding hydrogens is 386 g/mol. The molecule has 1 heterocycles. The quantitative estimate of drug-likeness (QED) is 0.676. The van der Waals surface area contributed by atoms with Gasteiger partial charge in [-0.3, -0.25) is 4.79 Å². The van der Waals surface area contributed by atoms with Crippen LogP contribution in [0.3, 0.4) is 0 Å². The number of hydrogen-bond acceptors (Lipinski definition) is 6. The van der Waals surface area contributed by atoms with E-state index in [0.717, 1.165) is 5.56 Å². The normalized spacial score (nSPS) is 16.1. The second kappa shape index (κ2) is 9.44. The fraction of sp³-hybridized carbons (Fsp3) is 0.611. The number of rotatable bonds is 8. The summed E-state index contributed by atoms with van der Waals surface area (Å²) in [6.45, 7) is 0.940. The van der Waals surface area contributed by atoms with Crippen LogP contribution in [0.4, 0.5) is 0 Å². The van der Waals surface area contributed by atoms with Crippen molar-refractivity contribution >= 4 is 16.1 Å². The number of nitrogens with zero attached hydrogens (tertiary/aromatic N) is 2. The predicted octanol–water partition coefficient (Wildman–Crippen LogP) is 0.847. The van der Waals surface area contributed by atoms with Gasteiger partial charge >= 0.3 is 0 Å². The lowest BCUT2D eigenvalue weighted by molar-refractivity contribution is -0.126. The van der Waals surface area contributed by atoms with Crippen LogP contribution in [0.15, 0.2) is 12.1 Å². The van der Waals surface area contributed by atoms with Gasteiger partial charge in [-0.15, -0.1) is 0 Å². The molecule has 0 bridgehead atoms. The highest BCUT2D eigenvalue weighted by atomic mass is 32.2. The fourth-order valence-electron chi connectivity index (χ4n) is 3.21. The maximum Gasteiger partial charge on any atom is 0.281 e. The first-order chi connectivity index (χ1) is 13.3. The lowest BCUT2D eigenvalue weighted by Gasteiger charge is -2.32. The summed E-state index contributed by atoms with van der Waals surface area (Å²) >= 11 is 0. The van der Waals surface area contributed by atoms with Gasteiger partial charge in [0.05, 0.1) is 21.3 Å². The smallest absolute Gasteiger partial charge is 0.281 e. The highest BCUT2D eigenvalue weighted by molar-refractivity contribution is 7.86. The van der Waals surface area contributed by atoms with Crippen molar-refractivity contribution in [1.82, 2.24) is 13.9 Å². The zero-order valence-electron chi connectivity index (χ0n) is 17.0. The Balaban J connectivity index is 1.99. The maximum absolute atomic E-state index is 12.6. The van der Waals surface area contributed by atoms with Crippen LogP contribution in [-0.4, -0.2) is 71.4 Å². The van der Waals surface area contributed by atoms with Crippen LogP contribution in [0.5, 0.6) is 17.2 Å². The van der Waals surface area contributed by atoms with E-state index in [1.165, 1.54) is 36.9 Å². The van der Waals surface area contributed by atoms with Crippen LogP contribution >= 0.6 is 0 Å². The van der Waals surface area contributed by atoms with Gasteiger partial charge in [-0.1, -0.05) is 0 Å². The van der Waals surface area contributed by atoms with E-state index in [-0.39, 0.29) is 18.4 Å². The Morgan fingerprint density at radius 2 is 1.71 bits per heavy atom. The summed E-state index contributed by atoms with van der Waals surface area (Å²) in [7, 11) is 4.17. The SMILES string of the molecule is COc1ccc(CNC(=O)C2CCN(S(=O)(=O)N(C)C)CC2)c(OC)c1OC. The molecular formula is C18H29N3O6S. The van der Waals surface area contributed by atoms with Gasteiger partial charge in [0, 0.05) is 45.2 Å². The van der Waals surface area contributed by atoms with Crippen molar-refractivity contribution < 1.29 is 27.4 Å². The molecule has 158 valence electrons. The van der Waals surface area contributed by atoms with Crippen molar-refractivity contribution in [2.45, 2.75) is 19.4 Å². The molecule has 28 heavy (non-hydrogen) atoms. The van der Waals surface area contributed by atoms with Crippen LogP contribution in [0.25, 0.3) is 0 Å². The molecule has 0 saturated carbocycles. The van der Waals surface area contributed by atoms with Crippen LogP contribution in [0.2, 0.25) is 0 Å². The Labute approximate surface area is 166 Å². The summed E-state index contributed by atoms with van der Waals surface area (Å²) in [4.78, 5) is 12.6. The van der Waals surface area contributed by atoms with E-state index in [9.17, 15) is 13.2 Å². The topological polar surface area (TPSA) is 97.4 Å². The van der Waals surface area contributed by atoms with E-state index in [0.29, 0.717) is 43.2 Å². The Hall–Kier alpha value is -2.04. The van der Waals surface area contributed by atoms with E-state index in [2.05, 4.69) is 5.32 Å². The first kappa shape index (κ1) is 22.3. The van der Waals surface area contributed by atoms with Crippen LogP contribution in [0, 0.1) is 5.92 Å². The number of carbonyl (C=O) groups is 1. The van der Waals surface area contributed by atoms with Gasteiger partial charge in [-0.2, -0.15) is 17.0 Å². The average molecular weight is 416 g/mol. The molecule has 0 aliphatic carbocycles. The molecule has 0 spiro atoms. The minimum Gasteiger partial charge on any atom is -0.493 e. The van der Waals surface area contributed by atoms with Crippen molar-refractivity contribution in [2.24, 2.45) is 5.92 Å². The Morgan fingerprint density at radius 3 is 2.21 bits per heavy atom. The number of nitrogens with one attached hydrogen (secondary N) is 1. The van der Waals surface area contributed by atoms with E-state index in [1.54, 1.807) is 13.2 Å². The molecule has 0 aromatic heterocycles. The molecule has 1 aromatic carbocycles. The second-order valence-corrected chi connectivity index (χ2v) is 8.82. The Kier molecular flexibility index (Phi) is 7.50. The Bertz CT molecular complexity index is 789. The lowest BCUT2D eigenvalue weighted by Crippen LogP contribution is -2.46. The molecule has 9 nitrogen and oxygen atoms in total. The summed E-state index contributed by atoms with van der Waals surface area (Å²) in [5, 5.41) is 2.91. The number of hydrogen-bond donors (Lipinski definition) is 1. The van der Waals surface area contributed by atoms with E-state index in [1.807, 2.05) is 6.07 Å². The van der Waals surface area contributed by atoms with Crippen molar-refractivity contribution in [3.63, 3.8) is 0 Å². The van der Waals surface area contributed by atoms with E-state index >= 15 is 0 Å². The number of ether oxygens (including phenoxy) is 3. The van der Waals surface area contributed by atoms with Crippen molar-refractivity contribution in [3.8, 4) is 17.2 Å². The van der Waals surface area contributed by atoms with Crippen LogP contribution in [-0.2, 0) is 21.5 Å². The third-order valence-electron chi connectivity index (χ3n) is 4.85. The third-order valence-corrected chi connectivity index (χ3v) is 6.79. The zero-order chi connectivity index (χ0) is 20.9. The molecule has 1 aromatic rings. The van der Waals surface area contributed by atoms with Gasteiger partial charge in [0.25, 0.3) is 10.2 Å². The van der Waals surface area contributed by atoms with Crippen molar-refractivity contribution in [3.05, 3.63) is 17.7 Å². The van der Waals surface area contributed by atoms with E-state index in [4.69, 9.17) is 14.2 Å². The van der Waals surface area contributed by atoms with Crippen LogP contribution in [0.1, 0.15) is 18.4 Å². The molecule has 1 amide bonds. The Morgan fingerprint density at radius 1 is 1.11 bits per heavy atom. The maximum atomic E-state index is 12.6. The predicted molar refractivity (Wildman–Crippen MR) is 105 cm³/mol. The summed E-state index contributed by atoms with van der Waals surface area (Å²) in [5.74, 6) is 1.20. The summed E-state index contributed by atoms with van der Waals surface area (Å²) in [6.07, 6.45) is 0.976. The molecule has 1 fully saturated rings. The van der Waals surface area contributed by atoms with Gasteiger partial charge in [0.15, 0.2) is 11.5 Å². The number of amides is 1. The molecule has 0 radical (unpaired) electrons. The largest absolute Gasteiger partial charge is 0.493 e. The molecule has 1 saturated heterocycles. The number of methoxy groups -OCH3 is 3. The number of carbonyl (C=O) groups excluding carboxylic acids is 1. The monoisotopic (exact) mass is 415 g/mol. The second-order valence-electron chi connectivity index (χ2n) is 6.67. The molecule has 0 unspecified atom stereocenters. The zero-order valence-corrected chi connectivity index (χ0v) is 17.8. The first-order valence-corrected chi connectivity index (χ1v) is 10.4. The minimum atomic E-state index is -3.44. The third kappa shape index (κ3) is 4.68. The van der Waals surface area contributed by atoms with Gasteiger partial charge in [-0.25, -0.2) is 0 Å². The lowest BCUT2D eigenvalue weighted by atomic mass is 9.97. The minimum absolute atomic E-state index is 0.0984. The molecule has 1 aliphatic rings. The highest BCUT2D eigenvalue weighted by Gasteiger charge is 2.32. The summed E-state index contributed by atoms with van der Waals surface area (Å²) in [6, 6.07) is 3.57.